The molecular formula is C13H11Br2N3O. The lowest BCUT2D eigenvalue weighted by molar-refractivity contribution is 0.102. The fourth-order valence-corrected chi connectivity index (χ4v) is 2.41. The molecule has 3 N–H and O–H groups in total. The molecule has 0 saturated heterocycles. The number of hydrogen-bond acceptors (Lipinski definition) is 3. The first kappa shape index (κ1) is 14.0. The van der Waals surface area contributed by atoms with E-state index < -0.39 is 0 Å². The molecule has 0 fully saturated rings. The second-order valence-corrected chi connectivity index (χ2v) is 5.67. The molecule has 19 heavy (non-hydrogen) atoms. The van der Waals surface area contributed by atoms with Crippen LogP contribution in [0.3, 0.4) is 0 Å². The second kappa shape index (κ2) is 5.71. The van der Waals surface area contributed by atoms with Crippen LogP contribution in [-0.2, 0) is 0 Å². The molecule has 0 aliphatic carbocycles. The fourth-order valence-electron chi connectivity index (χ4n) is 1.57. The number of halogens is 2. The Balaban J connectivity index is 2.28. The molecule has 1 aromatic carbocycles. The van der Waals surface area contributed by atoms with Crippen LogP contribution in [0.15, 0.2) is 39.4 Å². The van der Waals surface area contributed by atoms with Crippen molar-refractivity contribution in [2.45, 2.75) is 6.92 Å². The molecule has 98 valence electrons. The minimum Gasteiger partial charge on any atom is -0.397 e. The number of pyridine rings is 1. The molecule has 0 unspecified atom stereocenters. The Morgan fingerprint density at radius 2 is 2.05 bits per heavy atom. The lowest BCUT2D eigenvalue weighted by Crippen LogP contribution is -2.15. The first-order chi connectivity index (χ1) is 8.99. The summed E-state index contributed by atoms with van der Waals surface area (Å²) in [7, 11) is 0. The van der Waals surface area contributed by atoms with Crippen LogP contribution in [0, 0.1) is 6.92 Å². The summed E-state index contributed by atoms with van der Waals surface area (Å²) >= 11 is 6.72. The van der Waals surface area contributed by atoms with E-state index in [1.54, 1.807) is 12.1 Å². The average Bonchev–Trinajstić information content (AvgIpc) is 2.36. The SMILES string of the molecule is Cc1c(Br)cccc1C(=O)Nc1ncc(N)cc1Br. The monoisotopic (exact) mass is 383 g/mol. The largest absolute Gasteiger partial charge is 0.397 e. The normalized spacial score (nSPS) is 10.3. The summed E-state index contributed by atoms with van der Waals surface area (Å²) in [6.07, 6.45) is 1.49. The van der Waals surface area contributed by atoms with Gasteiger partial charge < -0.3 is 11.1 Å². The number of anilines is 2. The van der Waals surface area contributed by atoms with Crippen molar-refractivity contribution in [3.05, 3.63) is 50.5 Å². The third-order valence-electron chi connectivity index (χ3n) is 2.61. The Kier molecular flexibility index (Phi) is 4.21. The van der Waals surface area contributed by atoms with E-state index in [1.165, 1.54) is 6.20 Å². The van der Waals surface area contributed by atoms with Crippen molar-refractivity contribution in [2.75, 3.05) is 11.1 Å². The quantitative estimate of drug-likeness (QED) is 0.828. The molecule has 1 amide bonds. The number of carbonyl (C=O) groups excluding carboxylic acids is 1. The third kappa shape index (κ3) is 3.13. The Hall–Kier alpha value is -1.40. The van der Waals surface area contributed by atoms with Crippen LogP contribution >= 0.6 is 31.9 Å². The maximum atomic E-state index is 12.2. The number of amides is 1. The molecule has 4 nitrogen and oxygen atoms in total. The van der Waals surface area contributed by atoms with Crippen LogP contribution in [0.4, 0.5) is 11.5 Å². The summed E-state index contributed by atoms with van der Waals surface area (Å²) in [5.74, 6) is 0.232. The summed E-state index contributed by atoms with van der Waals surface area (Å²) in [5, 5.41) is 2.75. The number of nitrogens with one attached hydrogen (secondary N) is 1. The van der Waals surface area contributed by atoms with Crippen molar-refractivity contribution in [1.29, 1.82) is 0 Å². The predicted molar refractivity (Wildman–Crippen MR) is 83.2 cm³/mol. The highest BCUT2D eigenvalue weighted by atomic mass is 79.9. The minimum absolute atomic E-state index is 0.211. The topological polar surface area (TPSA) is 68.0 Å². The number of benzene rings is 1. The van der Waals surface area contributed by atoms with Crippen LogP contribution in [0.1, 0.15) is 15.9 Å². The highest BCUT2D eigenvalue weighted by Gasteiger charge is 2.13. The Morgan fingerprint density at radius 1 is 1.32 bits per heavy atom. The van der Waals surface area contributed by atoms with E-state index in [0.717, 1.165) is 10.0 Å². The van der Waals surface area contributed by atoms with Crippen molar-refractivity contribution in [3.63, 3.8) is 0 Å². The summed E-state index contributed by atoms with van der Waals surface area (Å²) < 4.78 is 1.54. The number of carbonyl (C=O) groups is 1. The number of hydrogen-bond donors (Lipinski definition) is 2. The van der Waals surface area contributed by atoms with E-state index in [4.69, 9.17) is 5.73 Å². The molecule has 1 aromatic heterocycles. The highest BCUT2D eigenvalue weighted by molar-refractivity contribution is 9.10. The van der Waals surface area contributed by atoms with Crippen LogP contribution in [0.2, 0.25) is 0 Å². The molecule has 0 bridgehead atoms. The fraction of sp³-hybridized carbons (Fsp3) is 0.0769. The van der Waals surface area contributed by atoms with Gasteiger partial charge in [-0.15, -0.1) is 0 Å². The Morgan fingerprint density at radius 3 is 2.74 bits per heavy atom. The lowest BCUT2D eigenvalue weighted by atomic mass is 10.1. The van der Waals surface area contributed by atoms with Crippen molar-refractivity contribution in [3.8, 4) is 0 Å². The van der Waals surface area contributed by atoms with Gasteiger partial charge in [0.2, 0.25) is 0 Å². The zero-order chi connectivity index (χ0) is 14.0. The van der Waals surface area contributed by atoms with Crippen molar-refractivity contribution in [2.24, 2.45) is 0 Å². The molecule has 0 radical (unpaired) electrons. The Bertz CT molecular complexity index is 644. The van der Waals surface area contributed by atoms with Gasteiger partial charge in [-0.1, -0.05) is 22.0 Å². The molecule has 1 heterocycles. The molecule has 0 aliphatic heterocycles. The number of nitrogen functional groups attached to an aromatic ring is 1. The lowest BCUT2D eigenvalue weighted by Gasteiger charge is -2.09. The molecule has 0 spiro atoms. The van der Waals surface area contributed by atoms with Gasteiger partial charge in [0.15, 0.2) is 0 Å². The van der Waals surface area contributed by atoms with Gasteiger partial charge in [0, 0.05) is 10.0 Å². The van der Waals surface area contributed by atoms with E-state index in [9.17, 15) is 4.79 Å². The van der Waals surface area contributed by atoms with Crippen LogP contribution in [-0.4, -0.2) is 10.9 Å². The first-order valence-corrected chi connectivity index (χ1v) is 7.05. The van der Waals surface area contributed by atoms with Gasteiger partial charge in [0.1, 0.15) is 5.82 Å². The summed E-state index contributed by atoms with van der Waals surface area (Å²) in [5.41, 5.74) is 7.61. The standard InChI is InChI=1S/C13H11Br2N3O/c1-7-9(3-2-4-10(7)14)13(19)18-12-11(15)5-8(16)6-17-12/h2-6H,16H2,1H3,(H,17,18,19). The molecule has 2 rings (SSSR count). The van der Waals surface area contributed by atoms with Gasteiger partial charge in [0.25, 0.3) is 5.91 Å². The number of rotatable bonds is 2. The molecule has 0 aliphatic rings. The van der Waals surface area contributed by atoms with E-state index in [1.807, 2.05) is 19.1 Å². The molecule has 6 heteroatoms. The molecule has 2 aromatic rings. The molecule has 0 saturated carbocycles. The van der Waals surface area contributed by atoms with E-state index >= 15 is 0 Å². The predicted octanol–water partition coefficient (Wildman–Crippen LogP) is 3.75. The van der Waals surface area contributed by atoms with Crippen LogP contribution in [0.5, 0.6) is 0 Å². The summed E-state index contributed by atoms with van der Waals surface area (Å²) in [4.78, 5) is 16.3. The molecule has 0 atom stereocenters. The third-order valence-corrected chi connectivity index (χ3v) is 4.07. The number of nitrogens with two attached hydrogens (primary N) is 1. The maximum absolute atomic E-state index is 12.2. The average molecular weight is 385 g/mol. The van der Waals surface area contributed by atoms with Gasteiger partial charge in [-0.2, -0.15) is 0 Å². The van der Waals surface area contributed by atoms with E-state index in [0.29, 0.717) is 21.5 Å². The highest BCUT2D eigenvalue weighted by Crippen LogP contribution is 2.24. The summed E-state index contributed by atoms with van der Waals surface area (Å²) in [6, 6.07) is 7.16. The second-order valence-electron chi connectivity index (χ2n) is 3.97. The van der Waals surface area contributed by atoms with Crippen molar-refractivity contribution in [1.82, 2.24) is 4.98 Å². The van der Waals surface area contributed by atoms with Gasteiger partial charge in [-0.25, -0.2) is 4.98 Å². The van der Waals surface area contributed by atoms with Gasteiger partial charge in [0.05, 0.1) is 16.4 Å². The van der Waals surface area contributed by atoms with Crippen LogP contribution in [0.25, 0.3) is 0 Å². The molecular weight excluding hydrogens is 374 g/mol. The van der Waals surface area contributed by atoms with Gasteiger partial charge >= 0.3 is 0 Å². The smallest absolute Gasteiger partial charge is 0.257 e. The van der Waals surface area contributed by atoms with E-state index in [2.05, 4.69) is 42.2 Å². The first-order valence-electron chi connectivity index (χ1n) is 5.46. The van der Waals surface area contributed by atoms with Gasteiger partial charge in [-0.3, -0.25) is 4.79 Å². The number of nitrogens with zero attached hydrogens (tertiary/aromatic N) is 1. The zero-order valence-corrected chi connectivity index (χ0v) is 13.2. The van der Waals surface area contributed by atoms with Gasteiger partial charge in [-0.05, 0) is 46.6 Å². The Labute approximate surface area is 127 Å². The number of aromatic nitrogens is 1. The summed E-state index contributed by atoms with van der Waals surface area (Å²) in [6.45, 7) is 1.88. The van der Waals surface area contributed by atoms with Crippen molar-refractivity contribution >= 4 is 49.3 Å². The van der Waals surface area contributed by atoms with Crippen molar-refractivity contribution < 1.29 is 4.79 Å². The minimum atomic E-state index is -0.211. The van der Waals surface area contributed by atoms with Crippen LogP contribution < -0.4 is 11.1 Å². The maximum Gasteiger partial charge on any atom is 0.257 e. The van der Waals surface area contributed by atoms with E-state index in [-0.39, 0.29) is 5.91 Å². The zero-order valence-electron chi connectivity index (χ0n) is 10.1.